The largest absolute Gasteiger partial charge is 0.349 e. The van der Waals surface area contributed by atoms with E-state index in [0.29, 0.717) is 28.7 Å². The number of hydrogen-bond acceptors (Lipinski definition) is 2. The monoisotopic (exact) mass is 360 g/mol. The molecule has 0 unspecified atom stereocenters. The molecule has 25 heavy (non-hydrogen) atoms. The molecule has 2 atom stereocenters. The predicted molar refractivity (Wildman–Crippen MR) is 102 cm³/mol. The highest BCUT2D eigenvalue weighted by Gasteiger charge is 2.42. The first-order valence-corrected chi connectivity index (χ1v) is 10.4. The van der Waals surface area contributed by atoms with E-state index < -0.39 is 0 Å². The van der Waals surface area contributed by atoms with Crippen LogP contribution in [0.5, 0.6) is 0 Å². The first-order chi connectivity index (χ1) is 12.2. The van der Waals surface area contributed by atoms with Gasteiger partial charge in [-0.2, -0.15) is 0 Å². The number of rotatable bonds is 3. The summed E-state index contributed by atoms with van der Waals surface area (Å²) in [6.07, 6.45) is 13.1. The lowest BCUT2D eigenvalue weighted by Gasteiger charge is -2.53. The van der Waals surface area contributed by atoms with E-state index in [4.69, 9.17) is 11.6 Å². The van der Waals surface area contributed by atoms with Gasteiger partial charge in [-0.1, -0.05) is 49.4 Å². The van der Waals surface area contributed by atoms with Gasteiger partial charge >= 0.3 is 0 Å². The number of amides is 1. The number of hydrogen-bond donors (Lipinski definition) is 1. The van der Waals surface area contributed by atoms with Crippen molar-refractivity contribution in [3.8, 4) is 0 Å². The Balaban J connectivity index is 1.43. The van der Waals surface area contributed by atoms with Gasteiger partial charge in [0.05, 0.1) is 10.6 Å². The number of fused-ring (bicyclic) bond motifs is 2. The third kappa shape index (κ3) is 3.73. The maximum Gasteiger partial charge on any atom is 0.253 e. The first kappa shape index (κ1) is 17.4. The molecule has 2 aliphatic heterocycles. The lowest BCUT2D eigenvalue weighted by Crippen LogP contribution is -2.60. The van der Waals surface area contributed by atoms with Crippen LogP contribution in [0.2, 0.25) is 5.02 Å². The molecule has 4 heteroatoms. The molecule has 2 heterocycles. The van der Waals surface area contributed by atoms with Crippen molar-refractivity contribution in [1.29, 1.82) is 0 Å². The zero-order valence-electron chi connectivity index (χ0n) is 14.9. The average molecular weight is 361 g/mol. The average Bonchev–Trinajstić information content (AvgIpc) is 2.62. The maximum absolute atomic E-state index is 12.6. The normalized spacial score (nSPS) is 30.8. The van der Waals surface area contributed by atoms with Crippen molar-refractivity contribution in [3.05, 3.63) is 34.9 Å². The second kappa shape index (κ2) is 7.67. The van der Waals surface area contributed by atoms with Crippen LogP contribution in [0.1, 0.15) is 74.6 Å². The van der Waals surface area contributed by atoms with Crippen LogP contribution in [0.4, 0.5) is 0 Å². The summed E-state index contributed by atoms with van der Waals surface area (Å²) in [5.74, 6) is -0.0141. The minimum atomic E-state index is -0.0141. The number of nitrogens with one attached hydrogen (secondary N) is 1. The first-order valence-electron chi connectivity index (χ1n) is 10.0. The van der Waals surface area contributed by atoms with Crippen LogP contribution in [0.15, 0.2) is 24.3 Å². The molecular formula is C21H29ClN2O. The summed E-state index contributed by atoms with van der Waals surface area (Å²) >= 11 is 6.19. The number of benzene rings is 1. The standard InChI is InChI=1S/C21H29ClN2O/c22-20-12-5-4-11-19(20)21(25)23-15-13-17-9-6-10-18(14-15)24(17)16-7-2-1-3-8-16/h4-5,11-12,15-18H,1-3,6-10,13-14H2,(H,23,25)/t17-,18-/m0/s1. The van der Waals surface area contributed by atoms with E-state index in [2.05, 4.69) is 10.2 Å². The lowest BCUT2D eigenvalue weighted by atomic mass is 9.78. The number of halogens is 1. The fourth-order valence-corrected chi connectivity index (χ4v) is 5.64. The number of nitrogens with zero attached hydrogens (tertiary/aromatic N) is 1. The van der Waals surface area contributed by atoms with Gasteiger partial charge in [0.2, 0.25) is 0 Å². The molecule has 3 fully saturated rings. The van der Waals surface area contributed by atoms with Gasteiger partial charge in [0.1, 0.15) is 0 Å². The second-order valence-electron chi connectivity index (χ2n) is 8.10. The molecule has 0 aromatic heterocycles. The van der Waals surface area contributed by atoms with Gasteiger partial charge in [-0.15, -0.1) is 0 Å². The zero-order chi connectivity index (χ0) is 17.2. The van der Waals surface area contributed by atoms with Crippen molar-refractivity contribution in [2.45, 2.75) is 88.4 Å². The molecule has 1 aromatic rings. The number of carbonyl (C=O) groups is 1. The topological polar surface area (TPSA) is 32.3 Å². The minimum absolute atomic E-state index is 0.0141. The van der Waals surface area contributed by atoms with Crippen molar-refractivity contribution < 1.29 is 4.79 Å². The molecule has 1 saturated carbocycles. The highest BCUT2D eigenvalue weighted by molar-refractivity contribution is 6.33. The highest BCUT2D eigenvalue weighted by Crippen LogP contribution is 2.39. The quantitative estimate of drug-likeness (QED) is 0.840. The molecular weight excluding hydrogens is 332 g/mol. The van der Waals surface area contributed by atoms with E-state index in [1.165, 1.54) is 51.4 Å². The summed E-state index contributed by atoms with van der Waals surface area (Å²) in [7, 11) is 0. The molecule has 3 nitrogen and oxygen atoms in total. The molecule has 136 valence electrons. The van der Waals surface area contributed by atoms with Gasteiger partial charge in [-0.05, 0) is 50.7 Å². The van der Waals surface area contributed by atoms with E-state index in [9.17, 15) is 4.79 Å². The Labute approximate surface area is 156 Å². The van der Waals surface area contributed by atoms with Crippen LogP contribution in [-0.4, -0.2) is 35.0 Å². The summed E-state index contributed by atoms with van der Waals surface area (Å²) in [6.45, 7) is 0. The van der Waals surface area contributed by atoms with Gasteiger partial charge in [-0.25, -0.2) is 0 Å². The van der Waals surface area contributed by atoms with Gasteiger partial charge in [0.15, 0.2) is 0 Å². The SMILES string of the molecule is O=C(NC1C[C@@H]2CCC[C@@H](C1)N2C1CCCCC1)c1ccccc1Cl. The Hall–Kier alpha value is -1.06. The summed E-state index contributed by atoms with van der Waals surface area (Å²) in [6, 6.07) is 9.75. The molecule has 0 spiro atoms. The molecule has 4 rings (SSSR count). The summed E-state index contributed by atoms with van der Waals surface area (Å²) < 4.78 is 0. The van der Waals surface area contributed by atoms with Gasteiger partial charge in [0.25, 0.3) is 5.91 Å². The summed E-state index contributed by atoms with van der Waals surface area (Å²) in [5.41, 5.74) is 0.601. The fraction of sp³-hybridized carbons (Fsp3) is 0.667. The van der Waals surface area contributed by atoms with Crippen LogP contribution < -0.4 is 5.32 Å². The summed E-state index contributed by atoms with van der Waals surface area (Å²) in [5, 5.41) is 3.82. The molecule has 1 amide bonds. The van der Waals surface area contributed by atoms with Crippen LogP contribution in [0, 0.1) is 0 Å². The maximum atomic E-state index is 12.6. The second-order valence-corrected chi connectivity index (χ2v) is 8.51. The zero-order valence-corrected chi connectivity index (χ0v) is 15.7. The van der Waals surface area contributed by atoms with E-state index >= 15 is 0 Å². The molecule has 3 aliphatic rings. The molecule has 1 aromatic carbocycles. The summed E-state index contributed by atoms with van der Waals surface area (Å²) in [4.78, 5) is 15.5. The lowest BCUT2D eigenvalue weighted by molar-refractivity contribution is -0.0211. The van der Waals surface area contributed by atoms with Crippen LogP contribution in [-0.2, 0) is 0 Å². The van der Waals surface area contributed by atoms with Crippen LogP contribution in [0.25, 0.3) is 0 Å². The molecule has 1 N–H and O–H groups in total. The van der Waals surface area contributed by atoms with E-state index in [1.54, 1.807) is 6.07 Å². The van der Waals surface area contributed by atoms with Crippen molar-refractivity contribution in [2.24, 2.45) is 0 Å². The Morgan fingerprint density at radius 1 is 0.920 bits per heavy atom. The van der Waals surface area contributed by atoms with Gasteiger partial charge in [-0.3, -0.25) is 9.69 Å². The Kier molecular flexibility index (Phi) is 5.33. The third-order valence-electron chi connectivity index (χ3n) is 6.48. The van der Waals surface area contributed by atoms with Crippen molar-refractivity contribution in [3.63, 3.8) is 0 Å². The Morgan fingerprint density at radius 2 is 1.56 bits per heavy atom. The number of carbonyl (C=O) groups excluding carboxylic acids is 1. The predicted octanol–water partition coefficient (Wildman–Crippen LogP) is 4.79. The van der Waals surface area contributed by atoms with E-state index in [0.717, 1.165) is 18.9 Å². The van der Waals surface area contributed by atoms with Crippen molar-refractivity contribution in [1.82, 2.24) is 10.2 Å². The van der Waals surface area contributed by atoms with Crippen molar-refractivity contribution >= 4 is 17.5 Å². The van der Waals surface area contributed by atoms with Crippen LogP contribution >= 0.6 is 11.6 Å². The Morgan fingerprint density at radius 3 is 2.24 bits per heavy atom. The van der Waals surface area contributed by atoms with Crippen LogP contribution in [0.3, 0.4) is 0 Å². The highest BCUT2D eigenvalue weighted by atomic mass is 35.5. The molecule has 2 bridgehead atoms. The van der Waals surface area contributed by atoms with E-state index in [-0.39, 0.29) is 5.91 Å². The third-order valence-corrected chi connectivity index (χ3v) is 6.81. The smallest absolute Gasteiger partial charge is 0.253 e. The van der Waals surface area contributed by atoms with Crippen molar-refractivity contribution in [2.75, 3.05) is 0 Å². The fourth-order valence-electron chi connectivity index (χ4n) is 5.42. The van der Waals surface area contributed by atoms with Gasteiger partial charge in [0, 0.05) is 24.2 Å². The molecule has 1 aliphatic carbocycles. The van der Waals surface area contributed by atoms with Gasteiger partial charge < -0.3 is 5.32 Å². The Bertz CT molecular complexity index is 600. The van der Waals surface area contributed by atoms with E-state index in [1.807, 2.05) is 18.2 Å². The number of piperidine rings is 2. The molecule has 0 radical (unpaired) electrons. The minimum Gasteiger partial charge on any atom is -0.349 e. The molecule has 2 saturated heterocycles.